The van der Waals surface area contributed by atoms with Gasteiger partial charge in [0.15, 0.2) is 0 Å². The van der Waals surface area contributed by atoms with Crippen LogP contribution in [0.2, 0.25) is 0 Å². The Morgan fingerprint density at radius 2 is 2.17 bits per heavy atom. The molecular formula is C3H7O3. The van der Waals surface area contributed by atoms with Gasteiger partial charge < -0.3 is 10.2 Å². The second-order valence-electron chi connectivity index (χ2n) is 1.00. The Hall–Kier alpha value is -0.120. The molecule has 0 aromatic carbocycles. The maximum absolute atomic E-state index is 9.45. The van der Waals surface area contributed by atoms with Gasteiger partial charge in [0.25, 0.3) is 0 Å². The van der Waals surface area contributed by atoms with E-state index in [-0.39, 0.29) is 0 Å². The molecule has 1 atom stereocenters. The number of rotatable bonds is 2. The molecule has 0 fully saturated rings. The molecule has 0 aromatic rings. The second kappa shape index (κ2) is 3.08. The van der Waals surface area contributed by atoms with Gasteiger partial charge >= 0.3 is 0 Å². The fourth-order valence-corrected chi connectivity index (χ4v) is 0.0527. The van der Waals surface area contributed by atoms with Crippen molar-refractivity contribution in [3.05, 3.63) is 0 Å². The molecule has 2 N–H and O–H groups in total. The zero-order valence-electron chi connectivity index (χ0n) is 3.29. The summed E-state index contributed by atoms with van der Waals surface area (Å²) in [7, 11) is 0. The smallest absolute Gasteiger partial charge is 0.110 e. The van der Waals surface area contributed by atoms with Gasteiger partial charge in [0.2, 0.25) is 0 Å². The first kappa shape index (κ1) is 5.88. The molecule has 3 nitrogen and oxygen atoms in total. The standard InChI is InChI=1S/C3H7O3/c4-1-3(6)2-5/h3-4,6H,1-2H2/t3-/m0/s1. The van der Waals surface area contributed by atoms with Crippen molar-refractivity contribution in [3.63, 3.8) is 0 Å². The van der Waals surface area contributed by atoms with Crippen LogP contribution >= 0.6 is 0 Å². The van der Waals surface area contributed by atoms with E-state index in [1.165, 1.54) is 0 Å². The van der Waals surface area contributed by atoms with Crippen LogP contribution in [0.3, 0.4) is 0 Å². The largest absolute Gasteiger partial charge is 0.394 e. The summed E-state index contributed by atoms with van der Waals surface area (Å²) in [4.78, 5) is 0. The van der Waals surface area contributed by atoms with Crippen molar-refractivity contribution in [1.82, 2.24) is 0 Å². The zero-order valence-corrected chi connectivity index (χ0v) is 3.29. The van der Waals surface area contributed by atoms with Crippen LogP contribution in [0.1, 0.15) is 0 Å². The maximum Gasteiger partial charge on any atom is 0.110 e. The molecular weight excluding hydrogens is 84.0 g/mol. The summed E-state index contributed by atoms with van der Waals surface area (Å²) in [5.74, 6) is 0. The molecule has 0 unspecified atom stereocenters. The fraction of sp³-hybridized carbons (Fsp3) is 1.00. The Labute approximate surface area is 35.9 Å². The van der Waals surface area contributed by atoms with Crippen molar-refractivity contribution < 1.29 is 15.3 Å². The summed E-state index contributed by atoms with van der Waals surface area (Å²) in [6.07, 6.45) is -1.06. The first-order chi connectivity index (χ1) is 2.81. The van der Waals surface area contributed by atoms with Crippen LogP contribution in [0.15, 0.2) is 0 Å². The second-order valence-corrected chi connectivity index (χ2v) is 1.00. The van der Waals surface area contributed by atoms with E-state index >= 15 is 0 Å². The van der Waals surface area contributed by atoms with Crippen LogP contribution in [-0.4, -0.2) is 29.5 Å². The van der Waals surface area contributed by atoms with Gasteiger partial charge in [0, 0.05) is 0 Å². The minimum absolute atomic E-state index is 0.427. The highest BCUT2D eigenvalue weighted by molar-refractivity contribution is 4.43. The van der Waals surface area contributed by atoms with E-state index in [2.05, 4.69) is 0 Å². The van der Waals surface area contributed by atoms with Gasteiger partial charge in [-0.05, 0) is 0 Å². The number of hydrogen-bond donors (Lipinski definition) is 2. The van der Waals surface area contributed by atoms with Crippen molar-refractivity contribution in [2.45, 2.75) is 6.10 Å². The fourth-order valence-electron chi connectivity index (χ4n) is 0.0527. The first-order valence-electron chi connectivity index (χ1n) is 1.68. The molecule has 0 aliphatic carbocycles. The monoisotopic (exact) mass is 91.0 g/mol. The van der Waals surface area contributed by atoms with Gasteiger partial charge in [0.1, 0.15) is 12.7 Å². The lowest BCUT2D eigenvalue weighted by molar-refractivity contribution is 0.0177. The third-order valence-electron chi connectivity index (χ3n) is 0.403. The van der Waals surface area contributed by atoms with Crippen LogP contribution in [0.25, 0.3) is 0 Å². The van der Waals surface area contributed by atoms with Gasteiger partial charge in [-0.2, -0.15) is 0 Å². The Morgan fingerprint density at radius 1 is 1.67 bits per heavy atom. The van der Waals surface area contributed by atoms with E-state index in [1.54, 1.807) is 0 Å². The Balaban J connectivity index is 2.75. The number of aliphatic hydroxyl groups excluding tert-OH is 2. The molecule has 0 rings (SSSR count). The van der Waals surface area contributed by atoms with Gasteiger partial charge in [-0.25, -0.2) is 5.11 Å². The van der Waals surface area contributed by atoms with Crippen molar-refractivity contribution >= 4 is 0 Å². The minimum atomic E-state index is -1.06. The van der Waals surface area contributed by atoms with Crippen molar-refractivity contribution in [3.8, 4) is 0 Å². The van der Waals surface area contributed by atoms with Crippen molar-refractivity contribution in [2.24, 2.45) is 0 Å². The molecule has 0 heterocycles. The van der Waals surface area contributed by atoms with E-state index < -0.39 is 19.3 Å². The van der Waals surface area contributed by atoms with Crippen molar-refractivity contribution in [1.29, 1.82) is 0 Å². The van der Waals surface area contributed by atoms with E-state index in [1.807, 2.05) is 0 Å². The number of hydrogen-bond acceptors (Lipinski definition) is 2. The summed E-state index contributed by atoms with van der Waals surface area (Å²) < 4.78 is 0. The van der Waals surface area contributed by atoms with E-state index in [0.29, 0.717) is 0 Å². The molecule has 0 amide bonds. The predicted octanol–water partition coefficient (Wildman–Crippen LogP) is -1.23. The lowest BCUT2D eigenvalue weighted by Crippen LogP contribution is -2.15. The van der Waals surface area contributed by atoms with Crippen LogP contribution in [0.5, 0.6) is 0 Å². The SMILES string of the molecule is [O]C[C@@H](O)CO. The molecule has 0 bridgehead atoms. The highest BCUT2D eigenvalue weighted by atomic mass is 16.3. The van der Waals surface area contributed by atoms with Crippen molar-refractivity contribution in [2.75, 3.05) is 13.2 Å². The predicted molar refractivity (Wildman–Crippen MR) is 18.6 cm³/mol. The van der Waals surface area contributed by atoms with E-state index in [0.717, 1.165) is 0 Å². The normalized spacial score (nSPS) is 10.0. The topological polar surface area (TPSA) is 60.4 Å². The number of aliphatic hydroxyl groups is 2. The van der Waals surface area contributed by atoms with Crippen LogP contribution in [0.4, 0.5) is 0 Å². The molecule has 0 aliphatic heterocycles. The summed E-state index contributed by atoms with van der Waals surface area (Å²) in [5.41, 5.74) is 0. The van der Waals surface area contributed by atoms with E-state index in [9.17, 15) is 5.11 Å². The van der Waals surface area contributed by atoms with Gasteiger partial charge in [-0.15, -0.1) is 0 Å². The quantitative estimate of drug-likeness (QED) is 0.447. The summed E-state index contributed by atoms with van der Waals surface area (Å²) in [6.45, 7) is -1.04. The Bertz CT molecular complexity index is 25.2. The van der Waals surface area contributed by atoms with Gasteiger partial charge in [-0.3, -0.25) is 0 Å². The highest BCUT2D eigenvalue weighted by Gasteiger charge is 1.95. The Kier molecular flexibility index (Phi) is 3.02. The van der Waals surface area contributed by atoms with Crippen LogP contribution in [-0.2, 0) is 5.11 Å². The molecule has 3 heteroatoms. The molecule has 37 valence electrons. The van der Waals surface area contributed by atoms with Gasteiger partial charge in [-0.1, -0.05) is 0 Å². The average Bonchev–Trinajstić information content (AvgIpc) is 1.65. The average molecular weight is 91.1 g/mol. The maximum atomic E-state index is 9.45. The molecule has 0 aromatic heterocycles. The Morgan fingerprint density at radius 3 is 2.17 bits per heavy atom. The highest BCUT2D eigenvalue weighted by Crippen LogP contribution is 1.72. The molecule has 6 heavy (non-hydrogen) atoms. The lowest BCUT2D eigenvalue weighted by atomic mass is 10.4. The summed E-state index contributed by atoms with van der Waals surface area (Å²) in [6, 6.07) is 0. The lowest BCUT2D eigenvalue weighted by Gasteiger charge is -1.95. The first-order valence-corrected chi connectivity index (χ1v) is 1.68. The third kappa shape index (κ3) is 2.14. The molecule has 0 aliphatic rings. The van der Waals surface area contributed by atoms with E-state index in [4.69, 9.17) is 10.2 Å². The summed E-state index contributed by atoms with van der Waals surface area (Å²) >= 11 is 0. The minimum Gasteiger partial charge on any atom is -0.394 e. The molecule has 1 radical (unpaired) electrons. The molecule has 0 saturated carbocycles. The van der Waals surface area contributed by atoms with Crippen LogP contribution in [0, 0.1) is 0 Å². The third-order valence-corrected chi connectivity index (χ3v) is 0.403. The summed E-state index contributed by atoms with van der Waals surface area (Å²) in [5, 5.41) is 25.4. The zero-order chi connectivity index (χ0) is 4.99. The molecule has 0 spiro atoms. The molecule has 0 saturated heterocycles. The van der Waals surface area contributed by atoms with Gasteiger partial charge in [0.05, 0.1) is 6.61 Å². The van der Waals surface area contributed by atoms with Crippen LogP contribution < -0.4 is 0 Å².